The predicted octanol–water partition coefficient (Wildman–Crippen LogP) is 3.06. The minimum absolute atomic E-state index is 0. The van der Waals surface area contributed by atoms with Crippen molar-refractivity contribution >= 4 is 28.3 Å². The molecule has 2 rings (SSSR count). The van der Waals surface area contributed by atoms with E-state index in [-0.39, 0.29) is 18.0 Å². The second kappa shape index (κ2) is 7.47. The number of piperazine rings is 1. The van der Waals surface area contributed by atoms with Crippen LogP contribution in [0.4, 0.5) is 13.2 Å². The second-order valence-electron chi connectivity index (χ2n) is 4.24. The topological polar surface area (TPSA) is 15.3 Å². The molecule has 2 nitrogen and oxygen atoms in total. The van der Waals surface area contributed by atoms with Crippen LogP contribution in [-0.2, 0) is 0 Å². The quantitative estimate of drug-likeness (QED) is 0.892. The first-order valence-corrected chi connectivity index (χ1v) is 6.58. The molecule has 108 valence electrons. The first-order valence-electron chi connectivity index (χ1n) is 5.78. The molecule has 1 aromatic carbocycles. The van der Waals surface area contributed by atoms with Gasteiger partial charge in [-0.3, -0.25) is 4.90 Å². The number of benzene rings is 1. The van der Waals surface area contributed by atoms with Crippen LogP contribution in [0, 0.1) is 11.6 Å². The van der Waals surface area contributed by atoms with Crippen LogP contribution in [0.3, 0.4) is 0 Å². The summed E-state index contributed by atoms with van der Waals surface area (Å²) in [5.74, 6) is -1.41. The maximum absolute atomic E-state index is 13.8. The largest absolute Gasteiger partial charge is 0.314 e. The van der Waals surface area contributed by atoms with E-state index in [4.69, 9.17) is 0 Å². The molecule has 0 spiro atoms. The van der Waals surface area contributed by atoms with Crippen molar-refractivity contribution in [2.75, 3.05) is 32.9 Å². The molecular formula is C12H15BrClF3N2. The predicted molar refractivity (Wildman–Crippen MR) is 74.5 cm³/mol. The molecule has 1 aliphatic rings. The van der Waals surface area contributed by atoms with E-state index in [0.717, 1.165) is 0 Å². The molecule has 1 heterocycles. The van der Waals surface area contributed by atoms with Gasteiger partial charge < -0.3 is 5.32 Å². The summed E-state index contributed by atoms with van der Waals surface area (Å²) >= 11 is 3.02. The van der Waals surface area contributed by atoms with E-state index in [1.165, 1.54) is 12.1 Å². The lowest BCUT2D eigenvalue weighted by molar-refractivity contribution is 0.141. The molecule has 1 N–H and O–H groups in total. The summed E-state index contributed by atoms with van der Waals surface area (Å²) in [6.07, 6.45) is 0. The first kappa shape index (κ1) is 16.8. The molecular weight excluding hydrogens is 344 g/mol. The standard InChI is InChI=1S/C12H14BrF3N2.ClH/c13-8-5-9(15)12(10(16)6-8)11(7-14)18-3-1-17-2-4-18;/h5-6,11,17H,1-4,7H2;1H/t11-;/m1./s1. The van der Waals surface area contributed by atoms with Crippen molar-refractivity contribution in [2.45, 2.75) is 6.04 Å². The highest BCUT2D eigenvalue weighted by Crippen LogP contribution is 2.29. The Morgan fingerprint density at radius 2 is 1.74 bits per heavy atom. The highest BCUT2D eigenvalue weighted by molar-refractivity contribution is 9.10. The van der Waals surface area contributed by atoms with Crippen LogP contribution < -0.4 is 5.32 Å². The highest BCUT2D eigenvalue weighted by atomic mass is 79.9. The number of hydrogen-bond acceptors (Lipinski definition) is 2. The SMILES string of the molecule is Cl.FC[C@H](c1c(F)cc(Br)cc1F)N1CCNCC1. The number of rotatable bonds is 3. The molecule has 19 heavy (non-hydrogen) atoms. The molecule has 0 amide bonds. The summed E-state index contributed by atoms with van der Waals surface area (Å²) in [5.41, 5.74) is -0.178. The van der Waals surface area contributed by atoms with E-state index in [1.807, 2.05) is 0 Å². The Hall–Kier alpha value is -0.300. The van der Waals surface area contributed by atoms with Crippen molar-refractivity contribution in [1.29, 1.82) is 0 Å². The summed E-state index contributed by atoms with van der Waals surface area (Å²) in [7, 11) is 0. The molecule has 1 aromatic rings. The lowest BCUT2D eigenvalue weighted by Crippen LogP contribution is -2.46. The Kier molecular flexibility index (Phi) is 6.59. The van der Waals surface area contributed by atoms with E-state index in [1.54, 1.807) is 4.90 Å². The minimum atomic E-state index is -0.847. The average Bonchev–Trinajstić information content (AvgIpc) is 2.34. The molecule has 1 fully saturated rings. The molecule has 0 radical (unpaired) electrons. The van der Waals surface area contributed by atoms with Crippen LogP contribution in [0.25, 0.3) is 0 Å². The lowest BCUT2D eigenvalue weighted by Gasteiger charge is -2.33. The van der Waals surface area contributed by atoms with Gasteiger partial charge in [-0.15, -0.1) is 12.4 Å². The molecule has 0 unspecified atom stereocenters. The van der Waals surface area contributed by atoms with Gasteiger partial charge in [0.15, 0.2) is 0 Å². The van der Waals surface area contributed by atoms with Crippen molar-refractivity contribution in [3.63, 3.8) is 0 Å². The number of halogens is 5. The van der Waals surface area contributed by atoms with Gasteiger partial charge in [-0.2, -0.15) is 0 Å². The average molecular weight is 360 g/mol. The van der Waals surface area contributed by atoms with Crippen LogP contribution in [0.2, 0.25) is 0 Å². The molecule has 1 atom stereocenters. The third kappa shape index (κ3) is 3.84. The van der Waals surface area contributed by atoms with Crippen LogP contribution in [0.5, 0.6) is 0 Å². The van der Waals surface area contributed by atoms with Gasteiger partial charge in [0.1, 0.15) is 18.3 Å². The third-order valence-corrected chi connectivity index (χ3v) is 3.57. The summed E-state index contributed by atoms with van der Waals surface area (Å²) in [6.45, 7) is 1.79. The summed E-state index contributed by atoms with van der Waals surface area (Å²) in [6, 6.07) is 1.49. The fourth-order valence-electron chi connectivity index (χ4n) is 2.22. The molecule has 0 saturated carbocycles. The van der Waals surface area contributed by atoms with Crippen LogP contribution >= 0.6 is 28.3 Å². The Bertz CT molecular complexity index is 404. The molecule has 0 aliphatic carbocycles. The molecule has 0 aromatic heterocycles. The van der Waals surface area contributed by atoms with Gasteiger partial charge in [0.25, 0.3) is 0 Å². The third-order valence-electron chi connectivity index (χ3n) is 3.12. The van der Waals surface area contributed by atoms with Crippen LogP contribution in [0.15, 0.2) is 16.6 Å². The highest BCUT2D eigenvalue weighted by Gasteiger charge is 2.27. The smallest absolute Gasteiger partial charge is 0.132 e. The zero-order valence-electron chi connectivity index (χ0n) is 10.1. The summed E-state index contributed by atoms with van der Waals surface area (Å²) in [4.78, 5) is 1.77. The first-order chi connectivity index (χ1) is 8.63. The number of hydrogen-bond donors (Lipinski definition) is 1. The molecule has 7 heteroatoms. The van der Waals surface area contributed by atoms with E-state index in [9.17, 15) is 13.2 Å². The Morgan fingerprint density at radius 3 is 2.21 bits per heavy atom. The molecule has 1 saturated heterocycles. The van der Waals surface area contributed by atoms with Gasteiger partial charge in [-0.05, 0) is 12.1 Å². The summed E-state index contributed by atoms with van der Waals surface area (Å²) in [5, 5.41) is 3.12. The molecule has 0 bridgehead atoms. The van der Waals surface area contributed by atoms with Gasteiger partial charge >= 0.3 is 0 Å². The van der Waals surface area contributed by atoms with E-state index in [0.29, 0.717) is 30.7 Å². The van der Waals surface area contributed by atoms with Gasteiger partial charge in [-0.25, -0.2) is 13.2 Å². The van der Waals surface area contributed by atoms with Crippen LogP contribution in [-0.4, -0.2) is 37.8 Å². The lowest BCUT2D eigenvalue weighted by atomic mass is 10.0. The van der Waals surface area contributed by atoms with Gasteiger partial charge in [0.05, 0.1) is 6.04 Å². The van der Waals surface area contributed by atoms with Crippen molar-refractivity contribution in [2.24, 2.45) is 0 Å². The monoisotopic (exact) mass is 358 g/mol. The second-order valence-corrected chi connectivity index (χ2v) is 5.15. The normalized spacial score (nSPS) is 17.9. The summed E-state index contributed by atoms with van der Waals surface area (Å²) < 4.78 is 41.1. The van der Waals surface area contributed by atoms with Gasteiger partial charge in [0, 0.05) is 36.2 Å². The molecule has 1 aliphatic heterocycles. The van der Waals surface area contributed by atoms with E-state index >= 15 is 0 Å². The van der Waals surface area contributed by atoms with E-state index < -0.39 is 24.4 Å². The Morgan fingerprint density at radius 1 is 1.21 bits per heavy atom. The zero-order chi connectivity index (χ0) is 13.1. The number of alkyl halides is 1. The number of nitrogens with one attached hydrogen (secondary N) is 1. The van der Waals surface area contributed by atoms with Gasteiger partial charge in [-0.1, -0.05) is 15.9 Å². The van der Waals surface area contributed by atoms with Crippen molar-refractivity contribution in [3.8, 4) is 0 Å². The fourth-order valence-corrected chi connectivity index (χ4v) is 2.62. The van der Waals surface area contributed by atoms with Crippen molar-refractivity contribution < 1.29 is 13.2 Å². The van der Waals surface area contributed by atoms with Crippen molar-refractivity contribution in [1.82, 2.24) is 10.2 Å². The van der Waals surface area contributed by atoms with E-state index in [2.05, 4.69) is 21.2 Å². The maximum Gasteiger partial charge on any atom is 0.132 e. The maximum atomic E-state index is 13.8. The fraction of sp³-hybridized carbons (Fsp3) is 0.500. The zero-order valence-corrected chi connectivity index (χ0v) is 12.5. The van der Waals surface area contributed by atoms with Crippen LogP contribution in [0.1, 0.15) is 11.6 Å². The Balaban J connectivity index is 0.00000180. The van der Waals surface area contributed by atoms with Crippen molar-refractivity contribution in [3.05, 3.63) is 33.8 Å². The number of nitrogens with zero attached hydrogens (tertiary/aromatic N) is 1. The Labute approximate surface area is 124 Å². The minimum Gasteiger partial charge on any atom is -0.314 e. The van der Waals surface area contributed by atoms with Gasteiger partial charge in [0.2, 0.25) is 0 Å².